The second kappa shape index (κ2) is 14.5. The van der Waals surface area contributed by atoms with Gasteiger partial charge in [-0.1, -0.05) is 17.7 Å². The Morgan fingerprint density at radius 3 is 2.33 bits per heavy atom. The van der Waals surface area contributed by atoms with Gasteiger partial charge < -0.3 is 19.9 Å². The van der Waals surface area contributed by atoms with Gasteiger partial charge in [0.1, 0.15) is 18.3 Å². The molecule has 0 bridgehead atoms. The van der Waals surface area contributed by atoms with Gasteiger partial charge in [0, 0.05) is 35.1 Å². The summed E-state index contributed by atoms with van der Waals surface area (Å²) in [6.45, 7) is 11.3. The molecule has 4 rings (SSSR count). The standard InChI is InChI=1S/C22H29ClN2O3.C9H8N4O/c1-14(2)25-13-17(8-10-20(25)26)16-7-9-19(23)18(12-16)11-15(3)24-21(27)28-22(4,5)6;14-7-11-8-1-3-9(4-2-8)13-6-10-5-12-13/h7-10,12-15H,11H2,1-6H3,(H,24,27);1-7H,(H,11,14). The number of ether oxygens (including phenoxy) is 1. The number of nitrogens with one attached hydrogen (secondary N) is 2. The molecular weight excluding hydrogens is 556 g/mol. The molecule has 0 aliphatic carbocycles. The van der Waals surface area contributed by atoms with E-state index in [0.717, 1.165) is 28.1 Å². The van der Waals surface area contributed by atoms with Crippen molar-refractivity contribution >= 4 is 29.8 Å². The number of benzene rings is 2. The van der Waals surface area contributed by atoms with Crippen LogP contribution in [0.1, 0.15) is 53.1 Å². The second-order valence-corrected chi connectivity index (χ2v) is 11.4. The average molecular weight is 593 g/mol. The SMILES string of the molecule is CC(Cc1cc(-c2ccc(=O)n(C(C)C)c2)ccc1Cl)NC(=O)OC(C)(C)C.O=CNc1ccc(-n2cncn2)cc1. The zero-order chi connectivity index (χ0) is 30.9. The molecule has 2 heterocycles. The number of alkyl carbamates (subject to hydrolysis) is 1. The molecule has 0 saturated heterocycles. The van der Waals surface area contributed by atoms with E-state index in [1.165, 1.54) is 6.33 Å². The lowest BCUT2D eigenvalue weighted by Crippen LogP contribution is -2.38. The van der Waals surface area contributed by atoms with Crippen LogP contribution < -0.4 is 16.2 Å². The van der Waals surface area contributed by atoms with Crippen molar-refractivity contribution in [2.75, 3.05) is 5.32 Å². The Kier molecular flexibility index (Phi) is 11.0. The average Bonchev–Trinajstić information content (AvgIpc) is 3.45. The number of carbonyl (C=O) groups excluding carboxylic acids is 2. The Morgan fingerprint density at radius 1 is 1.05 bits per heavy atom. The van der Waals surface area contributed by atoms with Crippen LogP contribution in [0.15, 0.2) is 78.2 Å². The predicted molar refractivity (Wildman–Crippen MR) is 165 cm³/mol. The number of pyridine rings is 1. The van der Waals surface area contributed by atoms with Gasteiger partial charge in [0.25, 0.3) is 5.56 Å². The van der Waals surface area contributed by atoms with E-state index >= 15 is 0 Å². The fourth-order valence-corrected chi connectivity index (χ4v) is 4.19. The summed E-state index contributed by atoms with van der Waals surface area (Å²) in [6.07, 6.45) is 5.71. The van der Waals surface area contributed by atoms with Gasteiger partial charge in [0.15, 0.2) is 0 Å². The number of hydrogen-bond acceptors (Lipinski definition) is 6. The van der Waals surface area contributed by atoms with E-state index in [4.69, 9.17) is 16.3 Å². The molecule has 0 radical (unpaired) electrons. The molecule has 1 unspecified atom stereocenters. The first-order valence-electron chi connectivity index (χ1n) is 13.5. The van der Waals surface area contributed by atoms with Gasteiger partial charge in [-0.3, -0.25) is 9.59 Å². The molecule has 0 saturated carbocycles. The molecule has 42 heavy (non-hydrogen) atoms. The summed E-state index contributed by atoms with van der Waals surface area (Å²) in [4.78, 5) is 38.0. The van der Waals surface area contributed by atoms with Crippen LogP contribution in [-0.4, -0.2) is 43.5 Å². The second-order valence-electron chi connectivity index (χ2n) is 11.0. The first kappa shape index (κ1) is 32.1. The fraction of sp³-hybridized carbons (Fsp3) is 0.323. The van der Waals surface area contributed by atoms with Gasteiger partial charge in [0.2, 0.25) is 6.41 Å². The minimum absolute atomic E-state index is 0.0249. The van der Waals surface area contributed by atoms with Crippen LogP contribution >= 0.6 is 11.6 Å². The highest BCUT2D eigenvalue weighted by atomic mass is 35.5. The molecule has 0 spiro atoms. The van der Waals surface area contributed by atoms with Gasteiger partial charge in [-0.2, -0.15) is 5.10 Å². The van der Waals surface area contributed by atoms with Gasteiger partial charge >= 0.3 is 6.09 Å². The highest BCUT2D eigenvalue weighted by Crippen LogP contribution is 2.26. The van der Waals surface area contributed by atoms with Crippen molar-refractivity contribution in [3.05, 3.63) is 94.4 Å². The smallest absolute Gasteiger partial charge is 0.407 e. The molecule has 0 fully saturated rings. The number of hydrogen-bond donors (Lipinski definition) is 2. The zero-order valence-electron chi connectivity index (χ0n) is 24.7. The summed E-state index contributed by atoms with van der Waals surface area (Å²) in [5.74, 6) is 0. The van der Waals surface area contributed by atoms with Crippen LogP contribution in [0.3, 0.4) is 0 Å². The molecule has 0 aliphatic heterocycles. The molecule has 2 aromatic carbocycles. The first-order valence-corrected chi connectivity index (χ1v) is 13.9. The maximum atomic E-state index is 12.0. The molecule has 11 heteroatoms. The summed E-state index contributed by atoms with van der Waals surface area (Å²) in [7, 11) is 0. The van der Waals surface area contributed by atoms with Crippen LogP contribution in [-0.2, 0) is 16.0 Å². The first-order chi connectivity index (χ1) is 19.9. The molecule has 4 aromatic rings. The number of carbonyl (C=O) groups is 2. The Morgan fingerprint density at radius 2 is 1.74 bits per heavy atom. The van der Waals surface area contributed by atoms with Crippen molar-refractivity contribution in [3.8, 4) is 16.8 Å². The van der Waals surface area contributed by atoms with Gasteiger partial charge in [-0.05, 0) is 107 Å². The lowest BCUT2D eigenvalue weighted by Gasteiger charge is -2.22. The Labute approximate surface area is 250 Å². The van der Waals surface area contributed by atoms with Crippen molar-refractivity contribution in [1.29, 1.82) is 0 Å². The minimum Gasteiger partial charge on any atom is -0.444 e. The summed E-state index contributed by atoms with van der Waals surface area (Å²) in [5, 5.41) is 10.0. The van der Waals surface area contributed by atoms with Gasteiger partial charge in [-0.25, -0.2) is 14.5 Å². The van der Waals surface area contributed by atoms with Crippen molar-refractivity contribution in [2.24, 2.45) is 0 Å². The Balaban J connectivity index is 0.000000287. The van der Waals surface area contributed by atoms with E-state index < -0.39 is 11.7 Å². The lowest BCUT2D eigenvalue weighted by molar-refractivity contribution is -0.105. The third-order valence-electron chi connectivity index (χ3n) is 5.94. The largest absolute Gasteiger partial charge is 0.444 e. The highest BCUT2D eigenvalue weighted by molar-refractivity contribution is 6.31. The number of rotatable bonds is 8. The third-order valence-corrected chi connectivity index (χ3v) is 6.31. The zero-order valence-corrected chi connectivity index (χ0v) is 25.4. The predicted octanol–water partition coefficient (Wildman–Crippen LogP) is 6.04. The summed E-state index contributed by atoms with van der Waals surface area (Å²) < 4.78 is 8.65. The highest BCUT2D eigenvalue weighted by Gasteiger charge is 2.18. The molecule has 10 nitrogen and oxygen atoms in total. The monoisotopic (exact) mass is 592 g/mol. The molecule has 2 amide bonds. The minimum atomic E-state index is -0.541. The van der Waals surface area contributed by atoms with Crippen LogP contribution in [0.25, 0.3) is 16.8 Å². The normalized spacial score (nSPS) is 11.7. The summed E-state index contributed by atoms with van der Waals surface area (Å²) >= 11 is 6.38. The molecule has 2 N–H and O–H groups in total. The summed E-state index contributed by atoms with van der Waals surface area (Å²) in [5.41, 5.74) is 3.93. The number of amides is 2. The van der Waals surface area contributed by atoms with Crippen LogP contribution in [0.5, 0.6) is 0 Å². The topological polar surface area (TPSA) is 120 Å². The molecular formula is C31H37ClN6O4. The van der Waals surface area contributed by atoms with E-state index in [1.54, 1.807) is 33.8 Å². The van der Waals surface area contributed by atoms with Crippen molar-refractivity contribution in [3.63, 3.8) is 0 Å². The quantitative estimate of drug-likeness (QED) is 0.241. The van der Waals surface area contributed by atoms with Crippen molar-refractivity contribution < 1.29 is 14.3 Å². The van der Waals surface area contributed by atoms with Crippen molar-refractivity contribution in [2.45, 2.75) is 65.6 Å². The number of anilines is 1. The maximum Gasteiger partial charge on any atom is 0.407 e. The molecule has 1 atom stereocenters. The van der Waals surface area contributed by atoms with Crippen molar-refractivity contribution in [1.82, 2.24) is 24.6 Å². The number of aromatic nitrogens is 4. The van der Waals surface area contributed by atoms with Crippen LogP contribution in [0.4, 0.5) is 10.5 Å². The fourth-order valence-electron chi connectivity index (χ4n) is 4.00. The van der Waals surface area contributed by atoms with E-state index in [2.05, 4.69) is 20.7 Å². The number of halogens is 1. The summed E-state index contributed by atoms with van der Waals surface area (Å²) in [6, 6.07) is 16.4. The van der Waals surface area contributed by atoms with Crippen LogP contribution in [0.2, 0.25) is 5.02 Å². The number of nitrogens with zero attached hydrogens (tertiary/aromatic N) is 4. The van der Waals surface area contributed by atoms with E-state index in [9.17, 15) is 14.4 Å². The Hall–Kier alpha value is -4.44. The Bertz CT molecular complexity index is 1530. The van der Waals surface area contributed by atoms with Crippen LogP contribution in [0, 0.1) is 0 Å². The van der Waals surface area contributed by atoms with E-state index in [1.807, 2.05) is 84.1 Å². The van der Waals surface area contributed by atoms with E-state index in [0.29, 0.717) is 17.9 Å². The van der Waals surface area contributed by atoms with E-state index in [-0.39, 0.29) is 17.6 Å². The van der Waals surface area contributed by atoms with Gasteiger partial charge in [-0.15, -0.1) is 0 Å². The lowest BCUT2D eigenvalue weighted by atomic mass is 10.0. The van der Waals surface area contributed by atoms with Gasteiger partial charge in [0.05, 0.1) is 5.69 Å². The maximum absolute atomic E-state index is 12.0. The molecule has 222 valence electrons. The molecule has 0 aliphatic rings. The molecule has 2 aromatic heterocycles. The third kappa shape index (κ3) is 9.59.